The number of nitrogens with one attached hydrogen (secondary N) is 1. The number of carbonyl (C=O) groups is 1. The Labute approximate surface area is 126 Å². The monoisotopic (exact) mass is 286 g/mol. The summed E-state index contributed by atoms with van der Waals surface area (Å²) in [6.45, 7) is 7.50. The molecule has 0 radical (unpaired) electrons. The fourth-order valence-electron chi connectivity index (χ4n) is 2.53. The zero-order valence-corrected chi connectivity index (χ0v) is 12.9. The average molecular weight is 286 g/mol. The first-order valence-corrected chi connectivity index (χ1v) is 7.33. The first-order valence-electron chi connectivity index (χ1n) is 7.33. The molecule has 2 rings (SSSR count). The molecule has 5 heteroatoms. The van der Waals surface area contributed by atoms with Crippen LogP contribution in [0.15, 0.2) is 18.2 Å². The molecule has 21 heavy (non-hydrogen) atoms. The van der Waals surface area contributed by atoms with E-state index < -0.39 is 0 Å². The van der Waals surface area contributed by atoms with Gasteiger partial charge in [0.2, 0.25) is 5.91 Å². The summed E-state index contributed by atoms with van der Waals surface area (Å²) in [7, 11) is 0. The number of carbonyl (C=O) groups excluding carboxylic acids is 1. The minimum Gasteiger partial charge on any atom is -0.356 e. The van der Waals surface area contributed by atoms with Crippen LogP contribution in [0.1, 0.15) is 39.3 Å². The molecular formula is C16H22N4O. The van der Waals surface area contributed by atoms with Gasteiger partial charge in [-0.25, -0.2) is 4.98 Å². The summed E-state index contributed by atoms with van der Waals surface area (Å²) in [6.07, 6.45) is 1.86. The lowest BCUT2D eigenvalue weighted by atomic mass is 9.95. The number of anilines is 1. The number of nitriles is 1. The van der Waals surface area contributed by atoms with Gasteiger partial charge >= 0.3 is 0 Å². The number of aromatic nitrogens is 1. The summed E-state index contributed by atoms with van der Waals surface area (Å²) in [6, 6.07) is 7.47. The molecule has 1 saturated heterocycles. The maximum atomic E-state index is 12.3. The molecule has 0 aromatic carbocycles. The van der Waals surface area contributed by atoms with Crippen molar-refractivity contribution in [3.05, 3.63) is 23.9 Å². The van der Waals surface area contributed by atoms with Crippen molar-refractivity contribution >= 4 is 11.7 Å². The molecule has 1 amide bonds. The molecule has 1 unspecified atom stereocenters. The number of nitrogens with zero attached hydrogens (tertiary/aromatic N) is 3. The summed E-state index contributed by atoms with van der Waals surface area (Å²) in [4.78, 5) is 18.7. The summed E-state index contributed by atoms with van der Waals surface area (Å²) in [5.74, 6) is 0.858. The maximum Gasteiger partial charge on any atom is 0.225 e. The van der Waals surface area contributed by atoms with Crippen molar-refractivity contribution in [1.29, 1.82) is 5.26 Å². The van der Waals surface area contributed by atoms with Gasteiger partial charge < -0.3 is 10.2 Å². The number of hydrogen-bond acceptors (Lipinski definition) is 4. The number of amides is 1. The molecule has 2 heterocycles. The zero-order chi connectivity index (χ0) is 15.5. The van der Waals surface area contributed by atoms with E-state index in [0.717, 1.165) is 25.2 Å². The molecule has 0 aliphatic carbocycles. The van der Waals surface area contributed by atoms with Crippen molar-refractivity contribution in [2.45, 2.75) is 39.2 Å². The summed E-state index contributed by atoms with van der Waals surface area (Å²) >= 11 is 0. The van der Waals surface area contributed by atoms with Crippen LogP contribution in [-0.2, 0) is 4.79 Å². The van der Waals surface area contributed by atoms with Gasteiger partial charge in [0.15, 0.2) is 0 Å². The average Bonchev–Trinajstić information content (AvgIpc) is 2.46. The summed E-state index contributed by atoms with van der Waals surface area (Å²) < 4.78 is 0. The largest absolute Gasteiger partial charge is 0.356 e. The van der Waals surface area contributed by atoms with Crippen LogP contribution in [-0.4, -0.2) is 29.5 Å². The molecular weight excluding hydrogens is 264 g/mol. The Morgan fingerprint density at radius 2 is 2.24 bits per heavy atom. The molecule has 112 valence electrons. The van der Waals surface area contributed by atoms with Gasteiger partial charge in [-0.3, -0.25) is 4.79 Å². The Hall–Kier alpha value is -2.09. The maximum absolute atomic E-state index is 12.3. The predicted octanol–water partition coefficient (Wildman–Crippen LogP) is 2.08. The van der Waals surface area contributed by atoms with E-state index in [9.17, 15) is 4.79 Å². The van der Waals surface area contributed by atoms with Crippen LogP contribution >= 0.6 is 0 Å². The lowest BCUT2D eigenvalue weighted by molar-refractivity contribution is -0.126. The highest BCUT2D eigenvalue weighted by molar-refractivity contribution is 5.80. The van der Waals surface area contributed by atoms with E-state index in [1.54, 1.807) is 6.07 Å². The molecule has 1 aliphatic rings. The Morgan fingerprint density at radius 3 is 2.90 bits per heavy atom. The van der Waals surface area contributed by atoms with Crippen LogP contribution in [0.25, 0.3) is 0 Å². The predicted molar refractivity (Wildman–Crippen MR) is 81.8 cm³/mol. The lowest BCUT2D eigenvalue weighted by Crippen LogP contribution is -2.48. The number of hydrogen-bond donors (Lipinski definition) is 1. The van der Waals surface area contributed by atoms with Crippen molar-refractivity contribution in [1.82, 2.24) is 10.3 Å². The SMILES string of the molecule is CC(C)(C)NC(=O)C1CCCN(c2cccc(C#N)n2)C1. The molecule has 1 N–H and O–H groups in total. The highest BCUT2D eigenvalue weighted by Gasteiger charge is 2.28. The van der Waals surface area contributed by atoms with Crippen LogP contribution in [0.4, 0.5) is 5.82 Å². The number of rotatable bonds is 2. The minimum atomic E-state index is -0.210. The molecule has 1 aromatic heterocycles. The smallest absolute Gasteiger partial charge is 0.225 e. The Morgan fingerprint density at radius 1 is 1.48 bits per heavy atom. The highest BCUT2D eigenvalue weighted by atomic mass is 16.2. The van der Waals surface area contributed by atoms with Gasteiger partial charge in [-0.05, 0) is 45.7 Å². The van der Waals surface area contributed by atoms with Crippen LogP contribution in [0.5, 0.6) is 0 Å². The normalized spacial score (nSPS) is 19.0. The Bertz CT molecular complexity index is 556. The molecule has 0 saturated carbocycles. The van der Waals surface area contributed by atoms with Crippen molar-refractivity contribution < 1.29 is 4.79 Å². The van der Waals surface area contributed by atoms with Gasteiger partial charge in [-0.15, -0.1) is 0 Å². The fourth-order valence-corrected chi connectivity index (χ4v) is 2.53. The molecule has 1 atom stereocenters. The van der Waals surface area contributed by atoms with E-state index in [2.05, 4.69) is 21.3 Å². The zero-order valence-electron chi connectivity index (χ0n) is 12.9. The molecule has 1 fully saturated rings. The third-order valence-corrected chi connectivity index (χ3v) is 3.46. The van der Waals surface area contributed by atoms with Gasteiger partial charge in [0, 0.05) is 18.6 Å². The Balaban J connectivity index is 2.07. The van der Waals surface area contributed by atoms with E-state index in [1.807, 2.05) is 32.9 Å². The summed E-state index contributed by atoms with van der Waals surface area (Å²) in [5, 5.41) is 12.0. The Kier molecular flexibility index (Phi) is 4.46. The van der Waals surface area contributed by atoms with Gasteiger partial charge in [-0.1, -0.05) is 6.07 Å². The second kappa shape index (κ2) is 6.13. The van der Waals surface area contributed by atoms with E-state index >= 15 is 0 Å². The minimum absolute atomic E-state index is 0.0227. The van der Waals surface area contributed by atoms with Crippen LogP contribution in [0.3, 0.4) is 0 Å². The highest BCUT2D eigenvalue weighted by Crippen LogP contribution is 2.22. The van der Waals surface area contributed by atoms with E-state index in [4.69, 9.17) is 5.26 Å². The third kappa shape index (κ3) is 4.19. The van der Waals surface area contributed by atoms with Gasteiger partial charge in [0.1, 0.15) is 17.6 Å². The van der Waals surface area contributed by atoms with Crippen LogP contribution < -0.4 is 10.2 Å². The molecule has 0 spiro atoms. The molecule has 0 bridgehead atoms. The van der Waals surface area contributed by atoms with Crippen LogP contribution in [0, 0.1) is 17.2 Å². The van der Waals surface area contributed by atoms with Crippen molar-refractivity contribution in [3.8, 4) is 6.07 Å². The van der Waals surface area contributed by atoms with Gasteiger partial charge in [-0.2, -0.15) is 5.26 Å². The topological polar surface area (TPSA) is 69.0 Å². The van der Waals surface area contributed by atoms with E-state index in [0.29, 0.717) is 12.2 Å². The first kappa shape index (κ1) is 15.3. The second-order valence-corrected chi connectivity index (χ2v) is 6.52. The van der Waals surface area contributed by atoms with Gasteiger partial charge in [0.05, 0.1) is 5.92 Å². The van der Waals surface area contributed by atoms with Crippen molar-refractivity contribution in [2.75, 3.05) is 18.0 Å². The molecule has 1 aliphatic heterocycles. The molecule has 5 nitrogen and oxygen atoms in total. The fraction of sp³-hybridized carbons (Fsp3) is 0.562. The quantitative estimate of drug-likeness (QED) is 0.903. The number of pyridine rings is 1. The number of piperidine rings is 1. The summed E-state index contributed by atoms with van der Waals surface area (Å²) in [5.41, 5.74) is 0.201. The lowest BCUT2D eigenvalue weighted by Gasteiger charge is -2.34. The standard InChI is InChI=1S/C16H22N4O/c1-16(2,3)19-15(21)12-6-5-9-20(11-12)14-8-4-7-13(10-17)18-14/h4,7-8,12H,5-6,9,11H2,1-3H3,(H,19,21). The second-order valence-electron chi connectivity index (χ2n) is 6.52. The first-order chi connectivity index (χ1) is 9.89. The van der Waals surface area contributed by atoms with Crippen molar-refractivity contribution in [3.63, 3.8) is 0 Å². The molecule has 1 aromatic rings. The van der Waals surface area contributed by atoms with Crippen molar-refractivity contribution in [2.24, 2.45) is 5.92 Å². The third-order valence-electron chi connectivity index (χ3n) is 3.46. The van der Waals surface area contributed by atoms with Crippen LogP contribution in [0.2, 0.25) is 0 Å². The van der Waals surface area contributed by atoms with Gasteiger partial charge in [0.25, 0.3) is 0 Å². The van der Waals surface area contributed by atoms with E-state index in [1.165, 1.54) is 0 Å². The van der Waals surface area contributed by atoms with E-state index in [-0.39, 0.29) is 17.4 Å².